The zero-order valence-corrected chi connectivity index (χ0v) is 8.48. The van der Waals surface area contributed by atoms with Gasteiger partial charge in [0.05, 0.1) is 0 Å². The molecule has 0 aliphatic carbocycles. The van der Waals surface area contributed by atoms with E-state index >= 15 is 0 Å². The molecule has 12 heavy (non-hydrogen) atoms. The number of hydrogen-bond donors (Lipinski definition) is 4. The molecule has 0 saturated heterocycles. The summed E-state index contributed by atoms with van der Waals surface area (Å²) in [5.41, 5.74) is -0.211. The predicted molar refractivity (Wildman–Crippen MR) is 47.7 cm³/mol. The van der Waals surface area contributed by atoms with Gasteiger partial charge in [-0.15, -0.1) is 0 Å². The Morgan fingerprint density at radius 2 is 2.08 bits per heavy atom. The molecule has 1 aromatic heterocycles. The van der Waals surface area contributed by atoms with Gasteiger partial charge in [-0.05, 0) is 15.9 Å². The summed E-state index contributed by atoms with van der Waals surface area (Å²) in [4.78, 5) is 3.71. The number of thiazole rings is 1. The van der Waals surface area contributed by atoms with E-state index in [-0.39, 0.29) is 5.69 Å². The quantitative estimate of drug-likeness (QED) is 0.560. The Morgan fingerprint density at radius 1 is 1.50 bits per heavy atom. The average molecular weight is 255 g/mol. The maximum atomic E-state index is 8.78. The van der Waals surface area contributed by atoms with Crippen LogP contribution in [0.2, 0.25) is 0 Å². The third-order valence-electron chi connectivity index (χ3n) is 1.12. The summed E-state index contributed by atoms with van der Waals surface area (Å²) in [6.07, 6.45) is 0. The first-order chi connectivity index (χ1) is 5.45. The summed E-state index contributed by atoms with van der Waals surface area (Å²) in [5.74, 6) is -2.88. The van der Waals surface area contributed by atoms with E-state index in [1.54, 1.807) is 7.05 Å². The molecule has 0 aromatic carbocycles. The van der Waals surface area contributed by atoms with E-state index in [1.807, 2.05) is 0 Å². The van der Waals surface area contributed by atoms with Gasteiger partial charge in [-0.25, -0.2) is 4.98 Å². The summed E-state index contributed by atoms with van der Waals surface area (Å²) in [5, 5.41) is 29.5. The molecule has 0 saturated carbocycles. The van der Waals surface area contributed by atoms with Crippen LogP contribution in [0.3, 0.4) is 0 Å². The monoisotopic (exact) mass is 254 g/mol. The predicted octanol–water partition coefficient (Wildman–Crippen LogP) is 0.0345. The second kappa shape index (κ2) is 3.27. The SMILES string of the molecule is CNc1nc(C(O)(O)O)c(Br)s1. The number of aromatic nitrogens is 1. The van der Waals surface area contributed by atoms with Crippen molar-refractivity contribution in [3.63, 3.8) is 0 Å². The summed E-state index contributed by atoms with van der Waals surface area (Å²) >= 11 is 4.19. The van der Waals surface area contributed by atoms with E-state index in [0.29, 0.717) is 8.92 Å². The van der Waals surface area contributed by atoms with Crippen molar-refractivity contribution in [2.24, 2.45) is 0 Å². The molecule has 1 aromatic rings. The van der Waals surface area contributed by atoms with E-state index in [4.69, 9.17) is 15.3 Å². The van der Waals surface area contributed by atoms with Crippen molar-refractivity contribution >= 4 is 32.4 Å². The van der Waals surface area contributed by atoms with E-state index in [1.165, 1.54) is 0 Å². The minimum Gasteiger partial charge on any atom is -0.365 e. The van der Waals surface area contributed by atoms with Crippen molar-refractivity contribution in [2.75, 3.05) is 12.4 Å². The molecule has 0 unspecified atom stereocenters. The summed E-state index contributed by atoms with van der Waals surface area (Å²) < 4.78 is 0.374. The van der Waals surface area contributed by atoms with Crippen LogP contribution >= 0.6 is 27.3 Å². The maximum Gasteiger partial charge on any atom is 0.324 e. The van der Waals surface area contributed by atoms with Crippen LogP contribution in [-0.4, -0.2) is 27.4 Å². The van der Waals surface area contributed by atoms with Crippen molar-refractivity contribution < 1.29 is 15.3 Å². The number of nitrogens with zero attached hydrogens (tertiary/aromatic N) is 1. The summed E-state index contributed by atoms with van der Waals surface area (Å²) in [6, 6.07) is 0. The fourth-order valence-electron chi connectivity index (χ4n) is 0.615. The lowest BCUT2D eigenvalue weighted by Crippen LogP contribution is -2.24. The first-order valence-electron chi connectivity index (χ1n) is 2.97. The number of nitrogens with one attached hydrogen (secondary N) is 1. The van der Waals surface area contributed by atoms with Crippen LogP contribution in [0.1, 0.15) is 5.69 Å². The standard InChI is InChI=1S/C5H7BrN2O3S/c1-7-4-8-2(3(6)12-4)5(9,10)11/h9-11H,1H3,(H,7,8). The van der Waals surface area contributed by atoms with Crippen molar-refractivity contribution in [3.8, 4) is 0 Å². The molecule has 0 fully saturated rings. The van der Waals surface area contributed by atoms with Gasteiger partial charge in [-0.2, -0.15) is 0 Å². The molecular weight excluding hydrogens is 248 g/mol. The highest BCUT2D eigenvalue weighted by Crippen LogP contribution is 2.32. The Kier molecular flexibility index (Phi) is 2.69. The van der Waals surface area contributed by atoms with Gasteiger partial charge in [0.15, 0.2) is 10.8 Å². The Morgan fingerprint density at radius 3 is 2.33 bits per heavy atom. The van der Waals surface area contributed by atoms with E-state index in [0.717, 1.165) is 11.3 Å². The molecular formula is C5H7BrN2O3S. The molecule has 0 spiro atoms. The molecule has 0 aliphatic rings. The Hall–Kier alpha value is -0.210. The van der Waals surface area contributed by atoms with Crippen molar-refractivity contribution in [1.82, 2.24) is 4.98 Å². The largest absolute Gasteiger partial charge is 0.365 e. The van der Waals surface area contributed by atoms with Crippen LogP contribution < -0.4 is 5.32 Å². The highest BCUT2D eigenvalue weighted by Gasteiger charge is 2.29. The number of halogens is 1. The van der Waals surface area contributed by atoms with Gasteiger partial charge in [-0.1, -0.05) is 11.3 Å². The molecule has 68 valence electrons. The van der Waals surface area contributed by atoms with Crippen LogP contribution in [0.4, 0.5) is 5.13 Å². The first kappa shape index (κ1) is 9.87. The fraction of sp³-hybridized carbons (Fsp3) is 0.400. The van der Waals surface area contributed by atoms with Gasteiger partial charge in [0.25, 0.3) is 0 Å². The summed E-state index contributed by atoms with van der Waals surface area (Å²) in [6.45, 7) is 0. The van der Waals surface area contributed by atoms with Crippen LogP contribution in [0.15, 0.2) is 3.79 Å². The van der Waals surface area contributed by atoms with Gasteiger partial charge in [-0.3, -0.25) is 0 Å². The number of aliphatic hydroxyl groups is 3. The Labute approximate surface area is 80.8 Å². The van der Waals surface area contributed by atoms with Crippen LogP contribution in [0, 0.1) is 0 Å². The smallest absolute Gasteiger partial charge is 0.324 e. The maximum absolute atomic E-state index is 8.78. The third kappa shape index (κ3) is 1.93. The topological polar surface area (TPSA) is 85.6 Å². The number of anilines is 1. The summed E-state index contributed by atoms with van der Waals surface area (Å²) in [7, 11) is 1.64. The highest BCUT2D eigenvalue weighted by atomic mass is 79.9. The van der Waals surface area contributed by atoms with Crippen LogP contribution in [-0.2, 0) is 5.97 Å². The molecule has 7 heteroatoms. The molecule has 4 N–H and O–H groups in total. The minimum absolute atomic E-state index is 0.211. The molecule has 0 amide bonds. The van der Waals surface area contributed by atoms with Crippen molar-refractivity contribution in [2.45, 2.75) is 5.97 Å². The lowest BCUT2D eigenvalue weighted by atomic mass is 10.4. The molecule has 0 aliphatic heterocycles. The third-order valence-corrected chi connectivity index (χ3v) is 2.84. The van der Waals surface area contributed by atoms with Gasteiger partial charge in [0, 0.05) is 7.05 Å². The molecule has 0 radical (unpaired) electrons. The lowest BCUT2D eigenvalue weighted by molar-refractivity contribution is -0.326. The van der Waals surface area contributed by atoms with Crippen molar-refractivity contribution in [1.29, 1.82) is 0 Å². The molecule has 5 nitrogen and oxygen atoms in total. The lowest BCUT2D eigenvalue weighted by Gasteiger charge is -2.10. The number of hydrogen-bond acceptors (Lipinski definition) is 6. The van der Waals surface area contributed by atoms with Crippen molar-refractivity contribution in [3.05, 3.63) is 9.48 Å². The Balaban J connectivity index is 3.08. The van der Waals surface area contributed by atoms with Crippen LogP contribution in [0.5, 0.6) is 0 Å². The van der Waals surface area contributed by atoms with Gasteiger partial charge >= 0.3 is 5.97 Å². The zero-order chi connectivity index (χ0) is 9.35. The normalized spacial score (nSPS) is 11.8. The number of rotatable bonds is 2. The minimum atomic E-state index is -2.88. The second-order valence-electron chi connectivity index (χ2n) is 2.03. The average Bonchev–Trinajstić information content (AvgIpc) is 2.29. The van der Waals surface area contributed by atoms with E-state index < -0.39 is 5.97 Å². The van der Waals surface area contributed by atoms with Gasteiger partial charge in [0.1, 0.15) is 3.79 Å². The zero-order valence-electron chi connectivity index (χ0n) is 6.08. The molecule has 1 rings (SSSR count). The second-order valence-corrected chi connectivity index (χ2v) is 4.34. The first-order valence-corrected chi connectivity index (χ1v) is 4.57. The molecule has 0 bridgehead atoms. The van der Waals surface area contributed by atoms with E-state index in [9.17, 15) is 0 Å². The van der Waals surface area contributed by atoms with E-state index in [2.05, 4.69) is 26.2 Å². The van der Waals surface area contributed by atoms with Gasteiger partial charge in [0.2, 0.25) is 0 Å². The van der Waals surface area contributed by atoms with Gasteiger partial charge < -0.3 is 20.6 Å². The molecule has 0 atom stereocenters. The molecule has 1 heterocycles. The van der Waals surface area contributed by atoms with Crippen LogP contribution in [0.25, 0.3) is 0 Å². The highest BCUT2D eigenvalue weighted by molar-refractivity contribution is 9.11. The fourth-order valence-corrected chi connectivity index (χ4v) is 2.12. The Bertz CT molecular complexity index is 283.